The topological polar surface area (TPSA) is 36.1 Å². The minimum atomic E-state index is 0.185. The lowest BCUT2D eigenvalue weighted by atomic mass is 9.98. The molecule has 3 aromatic rings. The van der Waals surface area contributed by atoms with Crippen LogP contribution in [0.3, 0.4) is 0 Å². The maximum absolute atomic E-state index is 12.9. The molecule has 0 bridgehead atoms. The fourth-order valence-electron chi connectivity index (χ4n) is 3.87. The molecule has 128 valence electrons. The Morgan fingerprint density at radius 2 is 1.84 bits per heavy atom. The molecule has 2 aromatic carbocycles. The predicted octanol–water partition coefficient (Wildman–Crippen LogP) is 4.85. The molecule has 3 nitrogen and oxygen atoms in total. The summed E-state index contributed by atoms with van der Waals surface area (Å²) in [5.74, 6) is 0.271. The zero-order valence-corrected chi connectivity index (χ0v) is 14.4. The Balaban J connectivity index is 1.51. The molecular weight excluding hydrogens is 308 g/mol. The standard InChI is InChI=1S/C22H24N2O/c25-22(14-13-17-8-2-1-3-9-17)24-15-7-6-12-21(24)20-16-18-10-4-5-11-19(18)23-20/h1-5,8-11,16,21,23H,6-7,12-15H2/t21-/m1/s1. The van der Waals surface area contributed by atoms with Crippen molar-refractivity contribution >= 4 is 16.8 Å². The zero-order valence-electron chi connectivity index (χ0n) is 14.4. The van der Waals surface area contributed by atoms with Gasteiger partial charge in [-0.2, -0.15) is 0 Å². The molecule has 0 unspecified atom stereocenters. The predicted molar refractivity (Wildman–Crippen MR) is 101 cm³/mol. The first kappa shape index (κ1) is 15.9. The minimum absolute atomic E-state index is 0.185. The largest absolute Gasteiger partial charge is 0.357 e. The number of carbonyl (C=O) groups is 1. The molecule has 1 atom stereocenters. The van der Waals surface area contributed by atoms with Crippen molar-refractivity contribution in [1.29, 1.82) is 0 Å². The van der Waals surface area contributed by atoms with Crippen molar-refractivity contribution in [3.8, 4) is 0 Å². The minimum Gasteiger partial charge on any atom is -0.357 e. The molecule has 1 saturated heterocycles. The molecule has 0 saturated carbocycles. The quantitative estimate of drug-likeness (QED) is 0.728. The summed E-state index contributed by atoms with van der Waals surface area (Å²) in [6.07, 6.45) is 4.73. The third kappa shape index (κ3) is 3.46. The van der Waals surface area contributed by atoms with Gasteiger partial charge in [-0.3, -0.25) is 4.79 Å². The van der Waals surface area contributed by atoms with Crippen molar-refractivity contribution in [2.75, 3.05) is 6.54 Å². The Bertz CT molecular complexity index is 820. The molecule has 1 fully saturated rings. The highest BCUT2D eigenvalue weighted by molar-refractivity contribution is 5.81. The lowest BCUT2D eigenvalue weighted by molar-refractivity contribution is -0.135. The highest BCUT2D eigenvalue weighted by Crippen LogP contribution is 2.32. The number of aryl methyl sites for hydroxylation is 1. The number of likely N-dealkylation sites (tertiary alicyclic amines) is 1. The number of benzene rings is 2. The molecule has 2 heterocycles. The van der Waals surface area contributed by atoms with E-state index in [-0.39, 0.29) is 11.9 Å². The first-order valence-electron chi connectivity index (χ1n) is 9.22. The second-order valence-corrected chi connectivity index (χ2v) is 6.90. The number of fused-ring (bicyclic) bond motifs is 1. The van der Waals surface area contributed by atoms with Crippen molar-refractivity contribution in [1.82, 2.24) is 9.88 Å². The summed E-state index contributed by atoms with van der Waals surface area (Å²) in [5, 5.41) is 1.22. The second-order valence-electron chi connectivity index (χ2n) is 6.90. The molecule has 1 aliphatic rings. The molecule has 1 aliphatic heterocycles. The van der Waals surface area contributed by atoms with Gasteiger partial charge in [0.2, 0.25) is 5.91 Å². The van der Waals surface area contributed by atoms with E-state index in [0.29, 0.717) is 6.42 Å². The van der Waals surface area contributed by atoms with E-state index in [2.05, 4.69) is 46.3 Å². The lowest BCUT2D eigenvalue weighted by Crippen LogP contribution is -2.38. The number of hydrogen-bond acceptors (Lipinski definition) is 1. The van der Waals surface area contributed by atoms with Crippen LogP contribution in [0.4, 0.5) is 0 Å². The summed E-state index contributed by atoms with van der Waals surface area (Å²) in [5.41, 5.74) is 3.56. The van der Waals surface area contributed by atoms with E-state index in [1.807, 2.05) is 24.3 Å². The monoisotopic (exact) mass is 332 g/mol. The van der Waals surface area contributed by atoms with Gasteiger partial charge in [0, 0.05) is 24.2 Å². The van der Waals surface area contributed by atoms with Crippen molar-refractivity contribution in [2.45, 2.75) is 38.1 Å². The van der Waals surface area contributed by atoms with Gasteiger partial charge in [0.05, 0.1) is 6.04 Å². The average Bonchev–Trinajstić information content (AvgIpc) is 3.11. The van der Waals surface area contributed by atoms with E-state index in [9.17, 15) is 4.79 Å². The maximum Gasteiger partial charge on any atom is 0.223 e. The normalized spacial score (nSPS) is 17.8. The van der Waals surface area contributed by atoms with Crippen LogP contribution in [0.25, 0.3) is 10.9 Å². The van der Waals surface area contributed by atoms with E-state index >= 15 is 0 Å². The summed E-state index contributed by atoms with van der Waals surface area (Å²) in [7, 11) is 0. The number of H-pyrrole nitrogens is 1. The van der Waals surface area contributed by atoms with Crippen molar-refractivity contribution in [3.63, 3.8) is 0 Å². The number of nitrogens with zero attached hydrogens (tertiary/aromatic N) is 1. The molecule has 0 aliphatic carbocycles. The smallest absolute Gasteiger partial charge is 0.223 e. The Morgan fingerprint density at radius 3 is 2.68 bits per heavy atom. The van der Waals surface area contributed by atoms with Gasteiger partial charge in [0.1, 0.15) is 0 Å². The lowest BCUT2D eigenvalue weighted by Gasteiger charge is -2.35. The Morgan fingerprint density at radius 1 is 1.04 bits per heavy atom. The second kappa shape index (κ2) is 7.14. The highest BCUT2D eigenvalue weighted by Gasteiger charge is 2.28. The van der Waals surface area contributed by atoms with Gasteiger partial charge < -0.3 is 9.88 Å². The average molecular weight is 332 g/mol. The third-order valence-electron chi connectivity index (χ3n) is 5.20. The van der Waals surface area contributed by atoms with Gasteiger partial charge in [-0.05, 0) is 48.8 Å². The summed E-state index contributed by atoms with van der Waals surface area (Å²) in [4.78, 5) is 18.5. The maximum atomic E-state index is 12.9. The summed E-state index contributed by atoms with van der Waals surface area (Å²) in [6.45, 7) is 0.869. The summed E-state index contributed by atoms with van der Waals surface area (Å²) >= 11 is 0. The number of piperidine rings is 1. The first-order chi connectivity index (χ1) is 12.3. The van der Waals surface area contributed by atoms with E-state index in [1.54, 1.807) is 0 Å². The first-order valence-corrected chi connectivity index (χ1v) is 9.22. The number of rotatable bonds is 4. The number of amides is 1. The van der Waals surface area contributed by atoms with Gasteiger partial charge in [0.15, 0.2) is 0 Å². The molecule has 4 rings (SSSR count). The van der Waals surface area contributed by atoms with Crippen LogP contribution in [0.1, 0.15) is 43.0 Å². The van der Waals surface area contributed by atoms with E-state index in [0.717, 1.165) is 31.3 Å². The zero-order chi connectivity index (χ0) is 17.1. The van der Waals surface area contributed by atoms with E-state index in [1.165, 1.54) is 23.1 Å². The molecule has 3 heteroatoms. The van der Waals surface area contributed by atoms with Crippen LogP contribution in [-0.2, 0) is 11.2 Å². The SMILES string of the molecule is O=C(CCc1ccccc1)N1CCCC[C@@H]1c1cc2ccccc2[nH]1. The number of carbonyl (C=O) groups excluding carboxylic acids is 1. The van der Waals surface area contributed by atoms with Crippen molar-refractivity contribution in [3.05, 3.63) is 71.9 Å². The third-order valence-corrected chi connectivity index (χ3v) is 5.20. The molecule has 0 spiro atoms. The van der Waals surface area contributed by atoms with Crippen LogP contribution < -0.4 is 0 Å². The Kier molecular flexibility index (Phi) is 4.55. The van der Waals surface area contributed by atoms with E-state index < -0.39 is 0 Å². The van der Waals surface area contributed by atoms with Gasteiger partial charge in [-0.15, -0.1) is 0 Å². The van der Waals surface area contributed by atoms with E-state index in [4.69, 9.17) is 0 Å². The van der Waals surface area contributed by atoms with Gasteiger partial charge in [-0.25, -0.2) is 0 Å². The molecule has 25 heavy (non-hydrogen) atoms. The molecule has 0 radical (unpaired) electrons. The van der Waals surface area contributed by atoms with Crippen LogP contribution in [0.5, 0.6) is 0 Å². The summed E-state index contributed by atoms with van der Waals surface area (Å²) in [6, 6.07) is 21.0. The number of aromatic amines is 1. The molecule has 1 N–H and O–H groups in total. The van der Waals surface area contributed by atoms with Gasteiger partial charge in [0.25, 0.3) is 0 Å². The Hall–Kier alpha value is -2.55. The highest BCUT2D eigenvalue weighted by atomic mass is 16.2. The van der Waals surface area contributed by atoms with Crippen LogP contribution >= 0.6 is 0 Å². The summed E-state index contributed by atoms with van der Waals surface area (Å²) < 4.78 is 0. The molecule has 1 amide bonds. The fourth-order valence-corrected chi connectivity index (χ4v) is 3.87. The van der Waals surface area contributed by atoms with Gasteiger partial charge in [-0.1, -0.05) is 48.5 Å². The number of para-hydroxylation sites is 1. The number of hydrogen-bond donors (Lipinski definition) is 1. The van der Waals surface area contributed by atoms with Crippen LogP contribution in [0.2, 0.25) is 0 Å². The van der Waals surface area contributed by atoms with Gasteiger partial charge >= 0.3 is 0 Å². The van der Waals surface area contributed by atoms with Crippen LogP contribution in [0.15, 0.2) is 60.7 Å². The van der Waals surface area contributed by atoms with Crippen LogP contribution in [0, 0.1) is 0 Å². The Labute approximate surface area is 148 Å². The number of aromatic nitrogens is 1. The molecule has 1 aromatic heterocycles. The van der Waals surface area contributed by atoms with Crippen molar-refractivity contribution < 1.29 is 4.79 Å². The fraction of sp³-hybridized carbons (Fsp3) is 0.318. The van der Waals surface area contributed by atoms with Crippen molar-refractivity contribution in [2.24, 2.45) is 0 Å². The number of nitrogens with one attached hydrogen (secondary N) is 1. The molecular formula is C22H24N2O. The van der Waals surface area contributed by atoms with Crippen LogP contribution in [-0.4, -0.2) is 22.3 Å².